The van der Waals surface area contributed by atoms with Crippen LogP contribution in [0.5, 0.6) is 5.88 Å². The molecular weight excluding hydrogens is 600 g/mol. The molecule has 1 atom stereocenters. The average Bonchev–Trinajstić information content (AvgIpc) is 3.37. The predicted molar refractivity (Wildman–Crippen MR) is 183 cm³/mol. The number of nitrogens with one attached hydrogen (secondary N) is 2. The first-order chi connectivity index (χ1) is 22.8. The summed E-state index contributed by atoms with van der Waals surface area (Å²) in [5, 5.41) is 3.01. The second-order valence-electron chi connectivity index (χ2n) is 12.6. The van der Waals surface area contributed by atoms with E-state index in [1.807, 2.05) is 0 Å². The number of nitrogens with zero attached hydrogens (tertiary/aromatic N) is 3. The summed E-state index contributed by atoms with van der Waals surface area (Å²) in [6, 6.07) is 9.66. The van der Waals surface area contributed by atoms with Gasteiger partial charge in [0.05, 0.1) is 24.7 Å². The van der Waals surface area contributed by atoms with Crippen molar-refractivity contribution in [3.8, 4) is 5.88 Å². The minimum atomic E-state index is -0.520. The van der Waals surface area contributed by atoms with Crippen LogP contribution in [0.1, 0.15) is 82.3 Å². The molecule has 4 rings (SSSR count). The Morgan fingerprint density at radius 2 is 1.81 bits per heavy atom. The summed E-state index contributed by atoms with van der Waals surface area (Å²) in [5.41, 5.74) is 15.4. The van der Waals surface area contributed by atoms with Gasteiger partial charge in [-0.15, -0.1) is 0 Å². The fraction of sp³-hybridized carbons (Fsp3) is 0.588. The van der Waals surface area contributed by atoms with E-state index in [-0.39, 0.29) is 29.8 Å². The normalized spacial score (nSPS) is 14.8. The summed E-state index contributed by atoms with van der Waals surface area (Å²) < 4.78 is 7.42. The monoisotopic (exact) mass is 652 g/mol. The number of rotatable bonds is 20. The third kappa shape index (κ3) is 11.2. The number of likely N-dealkylation sites (tertiary alicyclic amines) is 1. The standard InChI is InChI=1S/C34H52N8O5/c1-2-3-19-46-30-20-29-31(32(36)39-30)40-34(45)42(29)22-26-11-9-25(10-12-26)21-41-17-14-24(15-18-41)13-16-38-33(44)28(35)8-6-4-5-7-27(43)23-47-37/h9-12,20,24,28H,2-8,13-19,21-23,35,37H2,1H3,(H2,36,39)(H,38,44)(H,40,45)/t28-/m0/s1. The lowest BCUT2D eigenvalue weighted by Gasteiger charge is -2.32. The zero-order valence-electron chi connectivity index (χ0n) is 27.7. The van der Waals surface area contributed by atoms with Crippen molar-refractivity contribution in [2.75, 3.05) is 38.6 Å². The summed E-state index contributed by atoms with van der Waals surface area (Å²) in [4.78, 5) is 50.5. The Kier molecular flexibility index (Phi) is 14.2. The molecule has 2 aromatic heterocycles. The number of imidazole rings is 1. The third-order valence-corrected chi connectivity index (χ3v) is 8.90. The Bertz CT molecular complexity index is 1480. The van der Waals surface area contributed by atoms with E-state index in [4.69, 9.17) is 22.1 Å². The Morgan fingerprint density at radius 1 is 1.09 bits per heavy atom. The Hall–Kier alpha value is -3.78. The highest BCUT2D eigenvalue weighted by Gasteiger charge is 2.20. The number of fused-ring (bicyclic) bond motifs is 1. The number of unbranched alkanes of at least 4 members (excludes halogenated alkanes) is 3. The van der Waals surface area contributed by atoms with Gasteiger partial charge in [0.25, 0.3) is 0 Å². The number of nitrogen functional groups attached to an aromatic ring is 1. The number of piperidine rings is 1. The van der Waals surface area contributed by atoms with E-state index in [2.05, 4.69) is 56.2 Å². The summed E-state index contributed by atoms with van der Waals surface area (Å²) in [5.74, 6) is 6.05. The van der Waals surface area contributed by atoms with Gasteiger partial charge in [0.15, 0.2) is 11.6 Å². The van der Waals surface area contributed by atoms with Crippen molar-refractivity contribution in [3.63, 3.8) is 0 Å². The molecule has 1 amide bonds. The number of nitrogens with two attached hydrogens (primary N) is 3. The van der Waals surface area contributed by atoms with Crippen LogP contribution < -0.4 is 33.1 Å². The molecule has 47 heavy (non-hydrogen) atoms. The molecule has 3 heterocycles. The van der Waals surface area contributed by atoms with Crippen LogP contribution in [0, 0.1) is 5.92 Å². The maximum absolute atomic E-state index is 12.8. The number of aromatic amines is 1. The molecule has 3 aromatic rings. The zero-order valence-corrected chi connectivity index (χ0v) is 27.7. The van der Waals surface area contributed by atoms with Crippen molar-refractivity contribution in [2.24, 2.45) is 17.5 Å². The largest absolute Gasteiger partial charge is 0.478 e. The lowest BCUT2D eigenvalue weighted by molar-refractivity contribution is -0.124. The van der Waals surface area contributed by atoms with Crippen molar-refractivity contribution in [1.29, 1.82) is 0 Å². The topological polar surface area (TPSA) is 197 Å². The number of carbonyl (C=O) groups excluding carboxylic acids is 2. The van der Waals surface area contributed by atoms with Gasteiger partial charge >= 0.3 is 5.69 Å². The van der Waals surface area contributed by atoms with Gasteiger partial charge in [-0.3, -0.25) is 23.9 Å². The Balaban J connectivity index is 1.15. The molecule has 1 aliphatic heterocycles. The van der Waals surface area contributed by atoms with E-state index >= 15 is 0 Å². The average molecular weight is 653 g/mol. The van der Waals surface area contributed by atoms with Crippen LogP contribution in [0.25, 0.3) is 11.0 Å². The van der Waals surface area contributed by atoms with Crippen LogP contribution in [0.3, 0.4) is 0 Å². The van der Waals surface area contributed by atoms with E-state index in [0.717, 1.165) is 76.6 Å². The molecule has 13 nitrogen and oxygen atoms in total. The van der Waals surface area contributed by atoms with Crippen LogP contribution in [0.2, 0.25) is 0 Å². The number of hydrogen-bond acceptors (Lipinski definition) is 10. The molecule has 1 fully saturated rings. The number of H-pyrrole nitrogens is 1. The molecule has 0 spiro atoms. The van der Waals surface area contributed by atoms with Gasteiger partial charge < -0.3 is 26.5 Å². The van der Waals surface area contributed by atoms with Crippen LogP contribution >= 0.6 is 0 Å². The fourth-order valence-electron chi connectivity index (χ4n) is 6.02. The van der Waals surface area contributed by atoms with Crippen molar-refractivity contribution < 1.29 is 19.2 Å². The number of amides is 1. The third-order valence-electron chi connectivity index (χ3n) is 8.90. The fourth-order valence-corrected chi connectivity index (χ4v) is 6.02. The quantitative estimate of drug-likeness (QED) is 0.0894. The number of Topliss-reactive ketones (excluding diaryl/α,β-unsaturated/α-hetero) is 1. The summed E-state index contributed by atoms with van der Waals surface area (Å²) in [7, 11) is 0. The summed E-state index contributed by atoms with van der Waals surface area (Å²) >= 11 is 0. The highest BCUT2D eigenvalue weighted by atomic mass is 16.6. The molecule has 0 aliphatic carbocycles. The highest BCUT2D eigenvalue weighted by Crippen LogP contribution is 2.24. The van der Waals surface area contributed by atoms with Crippen LogP contribution in [-0.2, 0) is 27.5 Å². The van der Waals surface area contributed by atoms with Gasteiger partial charge in [0, 0.05) is 25.6 Å². The number of benzene rings is 1. The zero-order chi connectivity index (χ0) is 33.6. The number of ketones is 1. The smallest absolute Gasteiger partial charge is 0.326 e. The lowest BCUT2D eigenvalue weighted by atomic mass is 9.93. The molecule has 8 N–H and O–H groups in total. The predicted octanol–water partition coefficient (Wildman–Crippen LogP) is 2.99. The van der Waals surface area contributed by atoms with E-state index < -0.39 is 6.04 Å². The van der Waals surface area contributed by atoms with Gasteiger partial charge in [-0.25, -0.2) is 10.7 Å². The van der Waals surface area contributed by atoms with E-state index in [9.17, 15) is 14.4 Å². The van der Waals surface area contributed by atoms with Crippen LogP contribution in [-0.4, -0.2) is 70.0 Å². The first-order valence-electron chi connectivity index (χ1n) is 17.0. The van der Waals surface area contributed by atoms with Crippen molar-refractivity contribution in [3.05, 3.63) is 51.9 Å². The molecular formula is C34H52N8O5. The number of ether oxygens (including phenoxy) is 1. The van der Waals surface area contributed by atoms with Gasteiger partial charge in [0.1, 0.15) is 12.1 Å². The lowest BCUT2D eigenvalue weighted by Crippen LogP contribution is -2.41. The van der Waals surface area contributed by atoms with E-state index in [1.54, 1.807) is 10.6 Å². The van der Waals surface area contributed by atoms with Crippen molar-refractivity contribution >= 4 is 28.5 Å². The molecule has 1 saturated heterocycles. The van der Waals surface area contributed by atoms with Gasteiger partial charge in [0.2, 0.25) is 11.8 Å². The molecule has 0 unspecified atom stereocenters. The first-order valence-corrected chi connectivity index (χ1v) is 17.0. The van der Waals surface area contributed by atoms with Gasteiger partial charge in [-0.1, -0.05) is 50.5 Å². The maximum Gasteiger partial charge on any atom is 0.326 e. The molecule has 258 valence electrons. The van der Waals surface area contributed by atoms with Gasteiger partial charge in [-0.2, -0.15) is 4.98 Å². The molecule has 0 bridgehead atoms. The van der Waals surface area contributed by atoms with Crippen LogP contribution in [0.15, 0.2) is 35.1 Å². The highest BCUT2D eigenvalue weighted by molar-refractivity contribution is 5.86. The maximum atomic E-state index is 12.8. The number of hydrogen-bond donors (Lipinski definition) is 5. The second-order valence-corrected chi connectivity index (χ2v) is 12.6. The molecule has 1 aromatic carbocycles. The minimum absolute atomic E-state index is 0.0136. The number of pyridine rings is 1. The molecule has 0 radical (unpaired) electrons. The minimum Gasteiger partial charge on any atom is -0.478 e. The number of carbonyl (C=O) groups is 2. The van der Waals surface area contributed by atoms with E-state index in [0.29, 0.717) is 55.4 Å². The SMILES string of the molecule is CCCCOc1cc2c([nH]c(=O)n2Cc2ccc(CN3CCC(CCNC(=O)[C@@H](N)CCCCCC(=O)CON)CC3)cc2)c(N)n1. The van der Waals surface area contributed by atoms with Crippen molar-refractivity contribution in [1.82, 2.24) is 24.8 Å². The number of aromatic nitrogens is 3. The molecule has 13 heteroatoms. The molecule has 0 saturated carbocycles. The van der Waals surface area contributed by atoms with Gasteiger partial charge in [-0.05, 0) is 68.7 Å². The van der Waals surface area contributed by atoms with Crippen LogP contribution in [0.4, 0.5) is 5.82 Å². The summed E-state index contributed by atoms with van der Waals surface area (Å²) in [6.07, 6.45) is 8.52. The molecule has 1 aliphatic rings. The summed E-state index contributed by atoms with van der Waals surface area (Å²) in [6.45, 7) is 6.56. The van der Waals surface area contributed by atoms with Crippen molar-refractivity contribution in [2.45, 2.75) is 90.3 Å². The number of anilines is 1. The Morgan fingerprint density at radius 3 is 2.51 bits per heavy atom. The van der Waals surface area contributed by atoms with E-state index in [1.165, 1.54) is 5.56 Å². The Labute approximate surface area is 276 Å². The first kappa shape index (κ1) is 36.1. The second kappa shape index (κ2) is 18.5.